The molecule has 1 aromatic heterocycles. The molecule has 0 aliphatic heterocycles. The molecule has 0 aliphatic rings. The molecule has 2 rings (SSSR count). The van der Waals surface area contributed by atoms with Crippen LogP contribution in [0.3, 0.4) is 0 Å². The topological polar surface area (TPSA) is 82.3 Å². The van der Waals surface area contributed by atoms with E-state index in [9.17, 15) is 8.42 Å². The molecule has 6 heteroatoms. The van der Waals surface area contributed by atoms with Crippen LogP contribution in [0.25, 0.3) is 0 Å². The SMILES string of the molecule is Cc1ccc(Oc2ncccc2S(C)(=O)=O)c(N)c1. The van der Waals surface area contributed by atoms with Crippen molar-refractivity contribution in [3.8, 4) is 11.6 Å². The Balaban J connectivity index is 2.44. The number of aromatic nitrogens is 1. The highest BCUT2D eigenvalue weighted by Crippen LogP contribution is 2.30. The van der Waals surface area contributed by atoms with E-state index in [0.717, 1.165) is 11.8 Å². The fraction of sp³-hybridized carbons (Fsp3) is 0.154. The van der Waals surface area contributed by atoms with Crippen LogP contribution in [-0.2, 0) is 9.84 Å². The molecule has 5 nitrogen and oxygen atoms in total. The zero-order chi connectivity index (χ0) is 14.0. The van der Waals surface area contributed by atoms with Gasteiger partial charge in [-0.1, -0.05) is 6.07 Å². The minimum absolute atomic E-state index is 0.0283. The lowest BCUT2D eigenvalue weighted by atomic mass is 10.2. The van der Waals surface area contributed by atoms with E-state index in [4.69, 9.17) is 10.5 Å². The number of ether oxygens (including phenoxy) is 1. The summed E-state index contributed by atoms with van der Waals surface area (Å²) in [5, 5.41) is 0. The number of benzene rings is 1. The van der Waals surface area contributed by atoms with Gasteiger partial charge < -0.3 is 10.5 Å². The summed E-state index contributed by atoms with van der Waals surface area (Å²) in [5.41, 5.74) is 7.26. The first-order chi connectivity index (χ1) is 8.88. The third-order valence-corrected chi connectivity index (χ3v) is 3.62. The van der Waals surface area contributed by atoms with E-state index in [0.29, 0.717) is 11.4 Å². The molecule has 100 valence electrons. The van der Waals surface area contributed by atoms with Crippen LogP contribution in [0.15, 0.2) is 41.4 Å². The first-order valence-corrected chi connectivity index (χ1v) is 7.46. The number of pyridine rings is 1. The molecule has 19 heavy (non-hydrogen) atoms. The molecule has 2 aromatic rings. The quantitative estimate of drug-likeness (QED) is 0.870. The Kier molecular flexibility index (Phi) is 3.44. The van der Waals surface area contributed by atoms with Gasteiger partial charge in [0.05, 0.1) is 5.69 Å². The molecule has 0 unspecified atom stereocenters. The Bertz CT molecular complexity index is 712. The number of sulfone groups is 1. The summed E-state index contributed by atoms with van der Waals surface area (Å²) >= 11 is 0. The highest BCUT2D eigenvalue weighted by Gasteiger charge is 2.16. The van der Waals surface area contributed by atoms with Crippen LogP contribution in [0.2, 0.25) is 0 Å². The predicted octanol–water partition coefficient (Wildman–Crippen LogP) is 2.17. The Labute approximate surface area is 112 Å². The molecule has 0 bridgehead atoms. The number of nitrogens with two attached hydrogens (primary N) is 1. The molecular weight excluding hydrogens is 264 g/mol. The smallest absolute Gasteiger partial charge is 0.238 e. The van der Waals surface area contributed by atoms with Gasteiger partial charge >= 0.3 is 0 Å². The number of hydrogen-bond donors (Lipinski definition) is 1. The molecule has 1 heterocycles. The minimum Gasteiger partial charge on any atom is -0.436 e. The fourth-order valence-corrected chi connectivity index (χ4v) is 2.34. The van der Waals surface area contributed by atoms with E-state index in [1.165, 1.54) is 12.3 Å². The van der Waals surface area contributed by atoms with Crippen LogP contribution >= 0.6 is 0 Å². The van der Waals surface area contributed by atoms with Crippen molar-refractivity contribution in [2.75, 3.05) is 12.0 Å². The number of nitrogens with zero attached hydrogens (tertiary/aromatic N) is 1. The van der Waals surface area contributed by atoms with Gasteiger partial charge in [-0.2, -0.15) is 0 Å². The normalized spacial score (nSPS) is 11.3. The first kappa shape index (κ1) is 13.4. The van der Waals surface area contributed by atoms with E-state index in [2.05, 4.69) is 4.98 Å². The summed E-state index contributed by atoms with van der Waals surface area (Å²) in [6, 6.07) is 8.25. The molecule has 0 amide bonds. The Morgan fingerprint density at radius 1 is 1.26 bits per heavy atom. The van der Waals surface area contributed by atoms with Gasteiger partial charge in [0.1, 0.15) is 4.90 Å². The minimum atomic E-state index is -3.40. The molecule has 0 saturated heterocycles. The van der Waals surface area contributed by atoms with Gasteiger partial charge in [-0.15, -0.1) is 0 Å². The molecular formula is C13H14N2O3S. The standard InChI is InChI=1S/C13H14N2O3S/c1-9-5-6-11(10(14)8-9)18-13-12(19(2,16)17)4-3-7-15-13/h3-8H,14H2,1-2H3. The Morgan fingerprint density at radius 3 is 2.63 bits per heavy atom. The number of anilines is 1. The molecule has 0 spiro atoms. The van der Waals surface area contributed by atoms with Crippen molar-refractivity contribution >= 4 is 15.5 Å². The Hall–Kier alpha value is -2.08. The second kappa shape index (κ2) is 4.89. The largest absolute Gasteiger partial charge is 0.436 e. The maximum absolute atomic E-state index is 11.6. The highest BCUT2D eigenvalue weighted by atomic mass is 32.2. The third-order valence-electron chi connectivity index (χ3n) is 2.51. The van der Waals surface area contributed by atoms with E-state index in [1.54, 1.807) is 18.2 Å². The fourth-order valence-electron chi connectivity index (χ4n) is 1.60. The lowest BCUT2D eigenvalue weighted by Gasteiger charge is -2.10. The first-order valence-electron chi connectivity index (χ1n) is 5.57. The van der Waals surface area contributed by atoms with E-state index >= 15 is 0 Å². The molecule has 0 fully saturated rings. The van der Waals surface area contributed by atoms with E-state index in [1.807, 2.05) is 13.0 Å². The van der Waals surface area contributed by atoms with Crippen molar-refractivity contribution in [1.82, 2.24) is 4.98 Å². The van der Waals surface area contributed by atoms with Crippen molar-refractivity contribution in [3.63, 3.8) is 0 Å². The van der Waals surface area contributed by atoms with Crippen LogP contribution < -0.4 is 10.5 Å². The number of rotatable bonds is 3. The average Bonchev–Trinajstić information content (AvgIpc) is 2.32. The average molecular weight is 278 g/mol. The highest BCUT2D eigenvalue weighted by molar-refractivity contribution is 7.90. The van der Waals surface area contributed by atoms with Gasteiger partial charge in [-0.05, 0) is 36.8 Å². The molecule has 2 N–H and O–H groups in total. The summed E-state index contributed by atoms with van der Waals surface area (Å²) < 4.78 is 28.8. The van der Waals surface area contributed by atoms with Gasteiger partial charge in [0, 0.05) is 12.5 Å². The maximum Gasteiger partial charge on any atom is 0.238 e. The lowest BCUT2D eigenvalue weighted by molar-refractivity contribution is 0.449. The zero-order valence-electron chi connectivity index (χ0n) is 10.6. The van der Waals surface area contributed by atoms with Crippen LogP contribution in [0.5, 0.6) is 11.6 Å². The van der Waals surface area contributed by atoms with Crippen LogP contribution in [0.4, 0.5) is 5.69 Å². The molecule has 1 aromatic carbocycles. The van der Waals surface area contributed by atoms with Crippen LogP contribution in [0.1, 0.15) is 5.56 Å². The van der Waals surface area contributed by atoms with Crippen LogP contribution in [-0.4, -0.2) is 19.7 Å². The molecule has 0 saturated carbocycles. The van der Waals surface area contributed by atoms with Crippen molar-refractivity contribution in [2.24, 2.45) is 0 Å². The predicted molar refractivity (Wildman–Crippen MR) is 73.0 cm³/mol. The van der Waals surface area contributed by atoms with Gasteiger partial charge in [0.25, 0.3) is 0 Å². The summed E-state index contributed by atoms with van der Waals surface area (Å²) in [4.78, 5) is 3.98. The molecule has 0 atom stereocenters. The number of hydrogen-bond acceptors (Lipinski definition) is 5. The molecule has 0 aliphatic carbocycles. The van der Waals surface area contributed by atoms with Crippen molar-refractivity contribution in [1.29, 1.82) is 0 Å². The summed E-state index contributed by atoms with van der Waals surface area (Å²) in [6.07, 6.45) is 2.57. The van der Waals surface area contributed by atoms with Crippen molar-refractivity contribution < 1.29 is 13.2 Å². The third kappa shape index (κ3) is 3.03. The van der Waals surface area contributed by atoms with Crippen molar-refractivity contribution in [3.05, 3.63) is 42.1 Å². The second-order valence-electron chi connectivity index (χ2n) is 4.22. The van der Waals surface area contributed by atoms with Crippen molar-refractivity contribution in [2.45, 2.75) is 11.8 Å². The van der Waals surface area contributed by atoms with Gasteiger partial charge in [-0.25, -0.2) is 13.4 Å². The van der Waals surface area contributed by atoms with Gasteiger partial charge in [-0.3, -0.25) is 0 Å². The number of nitrogen functional groups attached to an aromatic ring is 1. The maximum atomic E-state index is 11.6. The summed E-state index contributed by atoms with van der Waals surface area (Å²) in [6.45, 7) is 1.91. The summed E-state index contributed by atoms with van der Waals surface area (Å²) in [7, 11) is -3.40. The van der Waals surface area contributed by atoms with Gasteiger partial charge in [0.2, 0.25) is 5.88 Å². The van der Waals surface area contributed by atoms with E-state index in [-0.39, 0.29) is 10.8 Å². The monoisotopic (exact) mass is 278 g/mol. The molecule has 0 radical (unpaired) electrons. The Morgan fingerprint density at radius 2 is 2.00 bits per heavy atom. The van der Waals surface area contributed by atoms with Gasteiger partial charge in [0.15, 0.2) is 15.6 Å². The lowest BCUT2D eigenvalue weighted by Crippen LogP contribution is -2.02. The second-order valence-corrected chi connectivity index (χ2v) is 6.21. The van der Waals surface area contributed by atoms with E-state index < -0.39 is 9.84 Å². The van der Waals surface area contributed by atoms with Crippen LogP contribution in [0, 0.1) is 6.92 Å². The summed E-state index contributed by atoms with van der Waals surface area (Å²) in [5.74, 6) is 0.412. The zero-order valence-corrected chi connectivity index (χ0v) is 11.4. The number of aryl methyl sites for hydroxylation is 1.